The summed E-state index contributed by atoms with van der Waals surface area (Å²) in [5, 5.41) is 0. The molecule has 1 aromatic carbocycles. The minimum absolute atomic E-state index is 0.451. The van der Waals surface area contributed by atoms with Crippen molar-refractivity contribution in [2.75, 3.05) is 13.7 Å². The molecule has 3 aromatic heterocycles. The van der Waals surface area contributed by atoms with Crippen molar-refractivity contribution >= 4 is 0 Å². The summed E-state index contributed by atoms with van der Waals surface area (Å²) in [5.41, 5.74) is 3.98. The standard InChI is InChI=1S/C21H21N3O3.C9H13N/c1-14-19(27-18-6-4-3-5-17(18)25-2)21(26-13-15-7-8-15)24-20(23-14)16-9-11-22-12-10-16;1-7(2)9-5-4-8(3)10-6-9/h3-6,9-12,15H,7-8,13H2,1-2H3;4-7H,1-3H3. The highest BCUT2D eigenvalue weighted by molar-refractivity contribution is 5.57. The quantitative estimate of drug-likeness (QED) is 0.260. The van der Waals surface area contributed by atoms with Crippen LogP contribution in [0.1, 0.15) is 49.6 Å². The summed E-state index contributed by atoms with van der Waals surface area (Å²) >= 11 is 0. The monoisotopic (exact) mass is 498 g/mol. The van der Waals surface area contributed by atoms with E-state index in [1.54, 1.807) is 19.5 Å². The SMILES string of the molecule is COc1ccccc1Oc1c(C)nc(-c2ccncc2)nc1OCC1CC1.Cc1ccc(C(C)C)cn1. The van der Waals surface area contributed by atoms with Crippen molar-refractivity contribution in [2.45, 2.75) is 46.5 Å². The largest absolute Gasteiger partial charge is 0.493 e. The molecule has 0 aliphatic heterocycles. The number of benzene rings is 1. The molecule has 3 heterocycles. The molecule has 0 atom stereocenters. The van der Waals surface area contributed by atoms with Gasteiger partial charge in [0.2, 0.25) is 5.75 Å². The van der Waals surface area contributed by atoms with Crippen molar-refractivity contribution in [3.05, 3.63) is 84.1 Å². The lowest BCUT2D eigenvalue weighted by atomic mass is 10.1. The first-order chi connectivity index (χ1) is 17.9. The van der Waals surface area contributed by atoms with Crippen LogP contribution in [0.2, 0.25) is 0 Å². The molecule has 0 saturated heterocycles. The van der Waals surface area contributed by atoms with Gasteiger partial charge < -0.3 is 14.2 Å². The molecule has 0 bridgehead atoms. The summed E-state index contributed by atoms with van der Waals surface area (Å²) in [7, 11) is 1.61. The molecule has 4 aromatic rings. The van der Waals surface area contributed by atoms with E-state index in [-0.39, 0.29) is 0 Å². The molecule has 0 radical (unpaired) electrons. The number of nitrogens with zero attached hydrogens (tertiary/aromatic N) is 4. The van der Waals surface area contributed by atoms with Gasteiger partial charge in [-0.25, -0.2) is 4.98 Å². The van der Waals surface area contributed by atoms with Gasteiger partial charge >= 0.3 is 0 Å². The Morgan fingerprint density at radius 2 is 1.65 bits per heavy atom. The minimum Gasteiger partial charge on any atom is -0.493 e. The van der Waals surface area contributed by atoms with Gasteiger partial charge in [0, 0.05) is 29.8 Å². The predicted octanol–water partition coefficient (Wildman–Crippen LogP) is 6.95. The summed E-state index contributed by atoms with van der Waals surface area (Å²) in [5.74, 6) is 3.98. The van der Waals surface area contributed by atoms with E-state index in [9.17, 15) is 0 Å². The van der Waals surface area contributed by atoms with Crippen LogP contribution in [0.15, 0.2) is 67.1 Å². The number of aryl methyl sites for hydroxylation is 2. The maximum Gasteiger partial charge on any atom is 0.261 e. The summed E-state index contributed by atoms with van der Waals surface area (Å²) in [6.07, 6.45) is 7.78. The van der Waals surface area contributed by atoms with Crippen molar-refractivity contribution in [1.82, 2.24) is 19.9 Å². The first kappa shape index (κ1) is 26.1. The van der Waals surface area contributed by atoms with Gasteiger partial charge in [0.1, 0.15) is 0 Å². The zero-order chi connectivity index (χ0) is 26.2. The van der Waals surface area contributed by atoms with E-state index in [0.717, 1.165) is 11.3 Å². The lowest BCUT2D eigenvalue weighted by Gasteiger charge is -2.16. The molecule has 1 saturated carbocycles. The summed E-state index contributed by atoms with van der Waals surface area (Å²) in [6, 6.07) is 15.4. The molecule has 192 valence electrons. The normalized spacial score (nSPS) is 12.5. The van der Waals surface area contributed by atoms with Crippen LogP contribution in [-0.2, 0) is 0 Å². The molecule has 0 N–H and O–H groups in total. The molecule has 37 heavy (non-hydrogen) atoms. The molecule has 1 aliphatic carbocycles. The summed E-state index contributed by atoms with van der Waals surface area (Å²) in [6.45, 7) is 8.87. The van der Waals surface area contributed by atoms with Crippen LogP contribution in [0.3, 0.4) is 0 Å². The van der Waals surface area contributed by atoms with Crippen LogP contribution in [0.5, 0.6) is 23.1 Å². The second kappa shape index (κ2) is 12.3. The van der Waals surface area contributed by atoms with E-state index in [2.05, 4.69) is 45.9 Å². The molecule has 0 amide bonds. The third kappa shape index (κ3) is 7.26. The molecular formula is C30H34N4O3. The number of ether oxygens (including phenoxy) is 3. The second-order valence-electron chi connectivity index (χ2n) is 9.40. The van der Waals surface area contributed by atoms with Crippen LogP contribution < -0.4 is 14.2 Å². The van der Waals surface area contributed by atoms with E-state index >= 15 is 0 Å². The minimum atomic E-state index is 0.451. The number of rotatable bonds is 8. The third-order valence-corrected chi connectivity index (χ3v) is 5.98. The fourth-order valence-corrected chi connectivity index (χ4v) is 3.50. The summed E-state index contributed by atoms with van der Waals surface area (Å²) < 4.78 is 17.5. The van der Waals surface area contributed by atoms with Gasteiger partial charge in [-0.05, 0) is 74.4 Å². The maximum atomic E-state index is 6.12. The van der Waals surface area contributed by atoms with E-state index in [1.807, 2.05) is 56.4 Å². The fourth-order valence-electron chi connectivity index (χ4n) is 3.50. The Morgan fingerprint density at radius 3 is 2.27 bits per heavy atom. The maximum absolute atomic E-state index is 6.12. The van der Waals surface area contributed by atoms with E-state index in [1.165, 1.54) is 18.4 Å². The molecule has 5 rings (SSSR count). The number of pyridine rings is 2. The van der Waals surface area contributed by atoms with Gasteiger partial charge in [0.25, 0.3) is 5.88 Å². The molecule has 7 nitrogen and oxygen atoms in total. The van der Waals surface area contributed by atoms with Gasteiger partial charge in [-0.3, -0.25) is 9.97 Å². The highest BCUT2D eigenvalue weighted by Gasteiger charge is 2.25. The second-order valence-corrected chi connectivity index (χ2v) is 9.40. The van der Waals surface area contributed by atoms with E-state index in [0.29, 0.717) is 53.1 Å². The fraction of sp³-hybridized carbons (Fsp3) is 0.333. The summed E-state index contributed by atoms with van der Waals surface area (Å²) in [4.78, 5) is 17.5. The van der Waals surface area contributed by atoms with Crippen LogP contribution >= 0.6 is 0 Å². The Hall–Kier alpha value is -4.00. The Kier molecular flexibility index (Phi) is 8.67. The Morgan fingerprint density at radius 1 is 0.919 bits per heavy atom. The topological polar surface area (TPSA) is 79.2 Å². The Balaban J connectivity index is 0.000000270. The van der Waals surface area contributed by atoms with Gasteiger partial charge in [0.05, 0.1) is 19.4 Å². The molecule has 0 unspecified atom stereocenters. The average molecular weight is 499 g/mol. The molecule has 1 fully saturated rings. The zero-order valence-corrected chi connectivity index (χ0v) is 22.1. The number of hydrogen-bond acceptors (Lipinski definition) is 7. The third-order valence-electron chi connectivity index (χ3n) is 5.98. The van der Waals surface area contributed by atoms with Crippen LogP contribution in [0.25, 0.3) is 11.4 Å². The van der Waals surface area contributed by atoms with Gasteiger partial charge in [-0.15, -0.1) is 0 Å². The van der Waals surface area contributed by atoms with Crippen molar-refractivity contribution in [2.24, 2.45) is 5.92 Å². The molecule has 7 heteroatoms. The van der Waals surface area contributed by atoms with Crippen LogP contribution in [0, 0.1) is 19.8 Å². The zero-order valence-electron chi connectivity index (χ0n) is 22.1. The first-order valence-electron chi connectivity index (χ1n) is 12.6. The first-order valence-corrected chi connectivity index (χ1v) is 12.6. The molecule has 1 aliphatic rings. The predicted molar refractivity (Wildman–Crippen MR) is 144 cm³/mol. The highest BCUT2D eigenvalue weighted by Crippen LogP contribution is 2.39. The number of methoxy groups -OCH3 is 1. The number of hydrogen-bond donors (Lipinski definition) is 0. The van der Waals surface area contributed by atoms with Gasteiger partial charge in [-0.1, -0.05) is 32.0 Å². The van der Waals surface area contributed by atoms with Crippen molar-refractivity contribution in [1.29, 1.82) is 0 Å². The van der Waals surface area contributed by atoms with Gasteiger partial charge in [0.15, 0.2) is 17.3 Å². The average Bonchev–Trinajstić information content (AvgIpc) is 3.75. The highest BCUT2D eigenvalue weighted by atomic mass is 16.5. The van der Waals surface area contributed by atoms with E-state index in [4.69, 9.17) is 14.2 Å². The van der Waals surface area contributed by atoms with Crippen molar-refractivity contribution in [3.63, 3.8) is 0 Å². The van der Waals surface area contributed by atoms with Gasteiger partial charge in [-0.2, -0.15) is 4.98 Å². The Bertz CT molecular complexity index is 1290. The van der Waals surface area contributed by atoms with Crippen molar-refractivity contribution in [3.8, 4) is 34.5 Å². The van der Waals surface area contributed by atoms with Crippen molar-refractivity contribution < 1.29 is 14.2 Å². The Labute approximate surface area is 218 Å². The lowest BCUT2D eigenvalue weighted by molar-refractivity contribution is 0.272. The number of aromatic nitrogens is 4. The van der Waals surface area contributed by atoms with Crippen LogP contribution in [-0.4, -0.2) is 33.7 Å². The van der Waals surface area contributed by atoms with E-state index < -0.39 is 0 Å². The molecule has 0 spiro atoms. The smallest absolute Gasteiger partial charge is 0.261 e. The number of para-hydroxylation sites is 2. The lowest BCUT2D eigenvalue weighted by Crippen LogP contribution is -2.06. The van der Waals surface area contributed by atoms with Crippen LogP contribution in [0.4, 0.5) is 0 Å². The molecular weight excluding hydrogens is 464 g/mol.